The van der Waals surface area contributed by atoms with E-state index in [4.69, 9.17) is 0 Å². The number of carboxylic acid groups (broad SMARTS) is 1. The van der Waals surface area contributed by atoms with Crippen molar-refractivity contribution in [3.8, 4) is 0 Å². The maximum absolute atomic E-state index is 13.3. The lowest BCUT2D eigenvalue weighted by molar-refractivity contribution is -0.255. The molecule has 4 aromatic rings. The Balaban J connectivity index is 1.80. The highest BCUT2D eigenvalue weighted by Crippen LogP contribution is 2.25. The van der Waals surface area contributed by atoms with Crippen molar-refractivity contribution in [3.63, 3.8) is 0 Å². The molecular weight excluding hydrogens is 456 g/mol. The van der Waals surface area contributed by atoms with Gasteiger partial charge in [0.15, 0.2) is 4.96 Å². The fourth-order valence-electron chi connectivity index (χ4n) is 3.42. The lowest BCUT2D eigenvalue weighted by atomic mass is 10.1. The summed E-state index contributed by atoms with van der Waals surface area (Å²) in [4.78, 5) is 54.9. The molecule has 2 aromatic carbocycles. The first-order valence-electron chi connectivity index (χ1n) is 10.2. The van der Waals surface area contributed by atoms with Crippen LogP contribution in [0.4, 0.5) is 11.4 Å². The van der Waals surface area contributed by atoms with E-state index in [0.717, 1.165) is 26.9 Å². The average Bonchev–Trinajstić information content (AvgIpc) is 3.17. The summed E-state index contributed by atoms with van der Waals surface area (Å²) in [6.45, 7) is 5.42. The maximum Gasteiger partial charge on any atom is 0.274 e. The van der Waals surface area contributed by atoms with Gasteiger partial charge in [0.1, 0.15) is 10.6 Å². The zero-order valence-electron chi connectivity index (χ0n) is 18.5. The van der Waals surface area contributed by atoms with Crippen LogP contribution in [0.1, 0.15) is 47.3 Å². The van der Waals surface area contributed by atoms with Crippen LogP contribution in [0.15, 0.2) is 53.3 Å². The van der Waals surface area contributed by atoms with E-state index in [9.17, 15) is 24.3 Å². The Hall–Kier alpha value is -4.31. The van der Waals surface area contributed by atoms with Gasteiger partial charge in [-0.1, -0.05) is 35.6 Å². The Morgan fingerprint density at radius 1 is 0.971 bits per heavy atom. The van der Waals surface area contributed by atoms with E-state index in [1.54, 1.807) is 19.1 Å². The van der Waals surface area contributed by atoms with Gasteiger partial charge in [-0.3, -0.25) is 14.4 Å². The number of benzene rings is 2. The molecule has 0 saturated heterocycles. The number of carboxylic acids is 1. The quantitative estimate of drug-likeness (QED) is 0.456. The first-order valence-corrected chi connectivity index (χ1v) is 11.0. The van der Waals surface area contributed by atoms with Crippen molar-refractivity contribution < 1.29 is 19.5 Å². The third-order valence-corrected chi connectivity index (χ3v) is 6.32. The highest BCUT2D eigenvalue weighted by atomic mass is 32.1. The standard InChI is InChI=1S/C24H20N4O5S/c1-12-6-4-9-17(14(12)3)27-22(31)20-19(28-18(29)10-13(2)25-24(28)34-20)21(30)26-16-8-5-7-15(11-16)23(32)33/h4-11H,1-3H3,(H,26,30)(H,27,31)(H,32,33)/p-1. The summed E-state index contributed by atoms with van der Waals surface area (Å²) >= 11 is 0.911. The molecule has 4 rings (SSSR count). The number of aryl methyl sites for hydroxylation is 2. The molecule has 0 aliphatic rings. The molecule has 0 atom stereocenters. The molecule has 2 aromatic heterocycles. The number of nitrogens with one attached hydrogen (secondary N) is 2. The van der Waals surface area contributed by atoms with Gasteiger partial charge in [-0.25, -0.2) is 9.38 Å². The second kappa shape index (κ2) is 8.91. The second-order valence-electron chi connectivity index (χ2n) is 7.66. The molecule has 0 aliphatic heterocycles. The minimum atomic E-state index is -1.40. The number of anilines is 2. The van der Waals surface area contributed by atoms with Gasteiger partial charge in [-0.2, -0.15) is 0 Å². The summed E-state index contributed by atoms with van der Waals surface area (Å²) in [7, 11) is 0. The molecule has 172 valence electrons. The van der Waals surface area contributed by atoms with E-state index in [0.29, 0.717) is 11.4 Å². The molecule has 0 bridgehead atoms. The van der Waals surface area contributed by atoms with Crippen LogP contribution in [0, 0.1) is 20.8 Å². The largest absolute Gasteiger partial charge is 0.545 e. The highest BCUT2D eigenvalue weighted by Gasteiger charge is 2.26. The van der Waals surface area contributed by atoms with Gasteiger partial charge in [0, 0.05) is 23.1 Å². The monoisotopic (exact) mass is 475 g/mol. The normalized spacial score (nSPS) is 10.8. The van der Waals surface area contributed by atoms with Gasteiger partial charge in [0.05, 0.1) is 5.97 Å². The molecule has 2 heterocycles. The van der Waals surface area contributed by atoms with Gasteiger partial charge >= 0.3 is 0 Å². The molecule has 0 fully saturated rings. The van der Waals surface area contributed by atoms with Crippen molar-refractivity contribution in [1.29, 1.82) is 0 Å². The number of carbonyl (C=O) groups excluding carboxylic acids is 3. The molecule has 9 nitrogen and oxygen atoms in total. The molecule has 0 aliphatic carbocycles. The zero-order valence-corrected chi connectivity index (χ0v) is 19.3. The van der Waals surface area contributed by atoms with Crippen LogP contribution in [0.5, 0.6) is 0 Å². The molecule has 0 unspecified atom stereocenters. The lowest BCUT2D eigenvalue weighted by Crippen LogP contribution is -2.26. The SMILES string of the molecule is Cc1cc(=O)n2c(C(=O)Nc3cccc(C(=O)[O-])c3)c(C(=O)Nc3cccc(C)c3C)sc2n1. The Bertz CT molecular complexity index is 1540. The second-order valence-corrected chi connectivity index (χ2v) is 8.64. The number of thiazole rings is 1. The minimum Gasteiger partial charge on any atom is -0.545 e. The summed E-state index contributed by atoms with van der Waals surface area (Å²) < 4.78 is 1.08. The predicted octanol–water partition coefficient (Wildman–Crippen LogP) is 2.55. The van der Waals surface area contributed by atoms with Crippen molar-refractivity contribution in [2.24, 2.45) is 0 Å². The van der Waals surface area contributed by atoms with Gasteiger partial charge in [-0.05, 0) is 55.7 Å². The molecule has 34 heavy (non-hydrogen) atoms. The summed E-state index contributed by atoms with van der Waals surface area (Å²) in [5.74, 6) is -2.74. The van der Waals surface area contributed by atoms with Crippen molar-refractivity contribution in [1.82, 2.24) is 9.38 Å². The van der Waals surface area contributed by atoms with E-state index in [2.05, 4.69) is 15.6 Å². The topological polar surface area (TPSA) is 133 Å². The molecule has 2 amide bonds. The number of rotatable bonds is 5. The van der Waals surface area contributed by atoms with Crippen LogP contribution < -0.4 is 21.3 Å². The average molecular weight is 476 g/mol. The van der Waals surface area contributed by atoms with E-state index >= 15 is 0 Å². The first kappa shape index (κ1) is 22.9. The number of aromatic nitrogens is 2. The Kier molecular flexibility index (Phi) is 5.99. The van der Waals surface area contributed by atoms with Crippen molar-refractivity contribution >= 4 is 45.5 Å². The first-order chi connectivity index (χ1) is 16.2. The number of aromatic carboxylic acids is 1. The maximum atomic E-state index is 13.3. The summed E-state index contributed by atoms with van der Waals surface area (Å²) in [5, 5.41) is 16.5. The molecule has 0 radical (unpaired) electrons. The van der Waals surface area contributed by atoms with Crippen LogP contribution in [-0.2, 0) is 0 Å². The lowest BCUT2D eigenvalue weighted by Gasteiger charge is -2.11. The van der Waals surface area contributed by atoms with Gasteiger partial charge in [0.2, 0.25) is 0 Å². The van der Waals surface area contributed by atoms with Crippen LogP contribution in [-0.4, -0.2) is 27.2 Å². The molecular formula is C24H19N4O5S-. The van der Waals surface area contributed by atoms with Crippen LogP contribution in [0.25, 0.3) is 4.96 Å². The molecule has 10 heteroatoms. The fraction of sp³-hybridized carbons (Fsp3) is 0.125. The smallest absolute Gasteiger partial charge is 0.274 e. The number of carbonyl (C=O) groups is 3. The van der Waals surface area contributed by atoms with Crippen molar-refractivity contribution in [2.75, 3.05) is 10.6 Å². The van der Waals surface area contributed by atoms with Crippen molar-refractivity contribution in [2.45, 2.75) is 20.8 Å². The Morgan fingerprint density at radius 3 is 2.44 bits per heavy atom. The van der Waals surface area contributed by atoms with E-state index in [-0.39, 0.29) is 26.8 Å². The number of amides is 2. The van der Waals surface area contributed by atoms with E-state index < -0.39 is 23.3 Å². The van der Waals surface area contributed by atoms with Crippen LogP contribution in [0.3, 0.4) is 0 Å². The third-order valence-electron chi connectivity index (χ3n) is 5.28. The molecule has 0 spiro atoms. The van der Waals surface area contributed by atoms with Crippen LogP contribution >= 0.6 is 11.3 Å². The predicted molar refractivity (Wildman–Crippen MR) is 127 cm³/mol. The van der Waals surface area contributed by atoms with Crippen LogP contribution in [0.2, 0.25) is 0 Å². The number of hydrogen-bond acceptors (Lipinski definition) is 7. The van der Waals surface area contributed by atoms with E-state index in [1.165, 1.54) is 30.3 Å². The fourth-order valence-corrected chi connectivity index (χ4v) is 4.49. The number of fused-ring (bicyclic) bond motifs is 1. The third kappa shape index (κ3) is 4.30. The Morgan fingerprint density at radius 2 is 1.71 bits per heavy atom. The summed E-state index contributed by atoms with van der Waals surface area (Å²) in [6, 6.07) is 12.2. The Labute approximate surface area is 197 Å². The number of nitrogens with zero attached hydrogens (tertiary/aromatic N) is 2. The summed E-state index contributed by atoms with van der Waals surface area (Å²) in [5.41, 5.74) is 2.20. The van der Waals surface area contributed by atoms with E-state index in [1.807, 2.05) is 19.9 Å². The van der Waals surface area contributed by atoms with Crippen molar-refractivity contribution in [3.05, 3.63) is 91.8 Å². The molecule has 0 saturated carbocycles. The van der Waals surface area contributed by atoms with Gasteiger partial charge in [0.25, 0.3) is 17.4 Å². The number of hydrogen-bond donors (Lipinski definition) is 2. The van der Waals surface area contributed by atoms with Gasteiger partial charge in [-0.15, -0.1) is 0 Å². The molecule has 2 N–H and O–H groups in total. The van der Waals surface area contributed by atoms with Gasteiger partial charge < -0.3 is 20.5 Å². The zero-order chi connectivity index (χ0) is 24.6. The highest BCUT2D eigenvalue weighted by molar-refractivity contribution is 7.19. The summed E-state index contributed by atoms with van der Waals surface area (Å²) in [6.07, 6.45) is 0. The minimum absolute atomic E-state index is 0.00957.